The molecule has 0 heterocycles. The monoisotopic (exact) mass is 462 g/mol. The fourth-order valence-electron chi connectivity index (χ4n) is 4.58. The smallest absolute Gasteiger partial charge is 0.127 e. The average molecular weight is 463 g/mol. The highest BCUT2D eigenvalue weighted by Crippen LogP contribution is 2.24. The fourth-order valence-corrected chi connectivity index (χ4v) is 4.58. The SMILES string of the molecule is C/C=C/CCc1ccc(-c2ccc(CCc3ccc(C[C@H](C)c4ccccc4)cc3)cc2)cc1F. The Balaban J connectivity index is 1.31. The molecule has 0 amide bonds. The second-order valence-electron chi connectivity index (χ2n) is 9.44. The number of hydrogen-bond donors (Lipinski definition) is 0. The summed E-state index contributed by atoms with van der Waals surface area (Å²) < 4.78 is 14.5. The van der Waals surface area contributed by atoms with Crippen LogP contribution in [0.3, 0.4) is 0 Å². The van der Waals surface area contributed by atoms with Crippen LogP contribution in [0.25, 0.3) is 11.1 Å². The first kappa shape index (κ1) is 24.7. The zero-order valence-corrected chi connectivity index (χ0v) is 20.9. The van der Waals surface area contributed by atoms with Gasteiger partial charge in [0.05, 0.1) is 0 Å². The molecule has 0 N–H and O–H groups in total. The summed E-state index contributed by atoms with van der Waals surface area (Å²) in [6, 6.07) is 34.0. The van der Waals surface area contributed by atoms with Gasteiger partial charge in [-0.15, -0.1) is 0 Å². The van der Waals surface area contributed by atoms with Crippen molar-refractivity contribution in [1.82, 2.24) is 0 Å². The zero-order chi connectivity index (χ0) is 24.5. The van der Waals surface area contributed by atoms with Crippen molar-refractivity contribution in [2.45, 2.75) is 51.9 Å². The molecule has 0 radical (unpaired) electrons. The van der Waals surface area contributed by atoms with Crippen LogP contribution in [0.1, 0.15) is 54.0 Å². The second-order valence-corrected chi connectivity index (χ2v) is 9.44. The summed E-state index contributed by atoms with van der Waals surface area (Å²) in [5, 5.41) is 0. The van der Waals surface area contributed by atoms with E-state index in [-0.39, 0.29) is 5.82 Å². The number of allylic oxidation sites excluding steroid dienone is 2. The first-order chi connectivity index (χ1) is 17.1. The first-order valence-electron chi connectivity index (χ1n) is 12.7. The summed E-state index contributed by atoms with van der Waals surface area (Å²) in [6.07, 6.45) is 8.77. The molecule has 0 nitrogen and oxygen atoms in total. The molecule has 0 saturated carbocycles. The molecule has 0 unspecified atom stereocenters. The van der Waals surface area contributed by atoms with Gasteiger partial charge >= 0.3 is 0 Å². The molecule has 0 saturated heterocycles. The Morgan fingerprint density at radius 2 is 1.29 bits per heavy atom. The van der Waals surface area contributed by atoms with E-state index in [1.165, 1.54) is 22.3 Å². The molecule has 4 aromatic carbocycles. The second kappa shape index (κ2) is 12.3. The van der Waals surface area contributed by atoms with Gasteiger partial charge in [0.25, 0.3) is 0 Å². The van der Waals surface area contributed by atoms with Crippen LogP contribution in [0, 0.1) is 5.82 Å². The van der Waals surface area contributed by atoms with Crippen molar-refractivity contribution < 1.29 is 4.39 Å². The minimum Gasteiger partial charge on any atom is -0.207 e. The number of hydrogen-bond acceptors (Lipinski definition) is 0. The van der Waals surface area contributed by atoms with Crippen LogP contribution < -0.4 is 0 Å². The zero-order valence-electron chi connectivity index (χ0n) is 20.9. The van der Waals surface area contributed by atoms with E-state index in [0.29, 0.717) is 5.92 Å². The van der Waals surface area contributed by atoms with Gasteiger partial charge in [-0.05, 0) is 90.0 Å². The Morgan fingerprint density at radius 3 is 1.91 bits per heavy atom. The summed E-state index contributed by atoms with van der Waals surface area (Å²) >= 11 is 0. The van der Waals surface area contributed by atoms with E-state index in [1.807, 2.05) is 25.1 Å². The molecule has 0 fully saturated rings. The van der Waals surface area contributed by atoms with Gasteiger partial charge in [-0.25, -0.2) is 4.39 Å². The van der Waals surface area contributed by atoms with Crippen LogP contribution in [-0.4, -0.2) is 0 Å². The van der Waals surface area contributed by atoms with Crippen LogP contribution in [0.5, 0.6) is 0 Å². The highest BCUT2D eigenvalue weighted by molar-refractivity contribution is 5.64. The fraction of sp³-hybridized carbons (Fsp3) is 0.235. The van der Waals surface area contributed by atoms with Crippen molar-refractivity contribution in [3.8, 4) is 11.1 Å². The van der Waals surface area contributed by atoms with E-state index in [1.54, 1.807) is 6.07 Å². The van der Waals surface area contributed by atoms with Crippen molar-refractivity contribution >= 4 is 0 Å². The molecule has 0 aliphatic carbocycles. The topological polar surface area (TPSA) is 0 Å². The minimum absolute atomic E-state index is 0.113. The van der Waals surface area contributed by atoms with E-state index in [0.717, 1.165) is 48.8 Å². The summed E-state index contributed by atoms with van der Waals surface area (Å²) in [4.78, 5) is 0. The predicted molar refractivity (Wildman–Crippen MR) is 147 cm³/mol. The molecule has 35 heavy (non-hydrogen) atoms. The van der Waals surface area contributed by atoms with E-state index in [4.69, 9.17) is 0 Å². The Hall–Kier alpha value is -3.45. The van der Waals surface area contributed by atoms with Gasteiger partial charge in [0.2, 0.25) is 0 Å². The van der Waals surface area contributed by atoms with Crippen LogP contribution in [0.2, 0.25) is 0 Å². The van der Waals surface area contributed by atoms with Gasteiger partial charge in [0.1, 0.15) is 5.82 Å². The van der Waals surface area contributed by atoms with Gasteiger partial charge in [-0.1, -0.05) is 110 Å². The standard InChI is InChI=1S/C34H35F/c1-3-4-6-11-32-22-23-33(25-34(32)35)31-20-18-28(19-21-31)13-12-27-14-16-29(17-15-27)24-26(2)30-9-7-5-8-10-30/h3-5,7-10,14-23,25-26H,6,11-13,24H2,1-2H3/b4-3+/t26-/m0/s1. The molecule has 0 bridgehead atoms. The number of rotatable bonds is 10. The predicted octanol–water partition coefficient (Wildman–Crippen LogP) is 9.13. The van der Waals surface area contributed by atoms with Crippen molar-refractivity contribution in [3.63, 3.8) is 0 Å². The molecule has 4 rings (SSSR count). The number of halogens is 1. The highest BCUT2D eigenvalue weighted by Gasteiger charge is 2.07. The Kier molecular flexibility index (Phi) is 8.68. The van der Waals surface area contributed by atoms with E-state index in [9.17, 15) is 4.39 Å². The normalized spacial score (nSPS) is 12.2. The van der Waals surface area contributed by atoms with Crippen LogP contribution in [0.15, 0.2) is 109 Å². The molecular formula is C34H35F. The maximum atomic E-state index is 14.5. The van der Waals surface area contributed by atoms with Gasteiger partial charge in [-0.2, -0.15) is 0 Å². The van der Waals surface area contributed by atoms with Crippen LogP contribution >= 0.6 is 0 Å². The lowest BCUT2D eigenvalue weighted by Gasteiger charge is -2.12. The molecule has 0 aliphatic heterocycles. The maximum Gasteiger partial charge on any atom is 0.127 e. The number of aryl methyl sites for hydroxylation is 3. The van der Waals surface area contributed by atoms with Crippen molar-refractivity contribution in [1.29, 1.82) is 0 Å². The lowest BCUT2D eigenvalue weighted by Crippen LogP contribution is -1.99. The molecule has 0 aliphatic rings. The summed E-state index contributed by atoms with van der Waals surface area (Å²) in [5.41, 5.74) is 8.22. The average Bonchev–Trinajstić information content (AvgIpc) is 2.90. The third-order valence-electron chi connectivity index (χ3n) is 6.79. The molecule has 4 aromatic rings. The van der Waals surface area contributed by atoms with Gasteiger partial charge in [0, 0.05) is 0 Å². The Morgan fingerprint density at radius 1 is 0.686 bits per heavy atom. The first-order valence-corrected chi connectivity index (χ1v) is 12.7. The molecule has 0 aromatic heterocycles. The summed E-state index contributed by atoms with van der Waals surface area (Å²) in [5.74, 6) is 0.404. The lowest BCUT2D eigenvalue weighted by atomic mass is 9.93. The third-order valence-corrected chi connectivity index (χ3v) is 6.79. The van der Waals surface area contributed by atoms with E-state index < -0.39 is 0 Å². The maximum absolute atomic E-state index is 14.5. The Labute approximate surface area is 210 Å². The van der Waals surface area contributed by atoms with Gasteiger partial charge in [-0.3, -0.25) is 0 Å². The summed E-state index contributed by atoms with van der Waals surface area (Å²) in [7, 11) is 0. The van der Waals surface area contributed by atoms with Crippen molar-refractivity contribution in [2.24, 2.45) is 0 Å². The third kappa shape index (κ3) is 7.02. The van der Waals surface area contributed by atoms with Gasteiger partial charge < -0.3 is 0 Å². The minimum atomic E-state index is -0.113. The molecule has 178 valence electrons. The van der Waals surface area contributed by atoms with Crippen LogP contribution in [0.4, 0.5) is 4.39 Å². The lowest BCUT2D eigenvalue weighted by molar-refractivity contribution is 0.610. The molecule has 1 heteroatoms. The van der Waals surface area contributed by atoms with E-state index >= 15 is 0 Å². The molecule has 0 spiro atoms. The number of benzene rings is 4. The highest BCUT2D eigenvalue weighted by atomic mass is 19.1. The van der Waals surface area contributed by atoms with Crippen LogP contribution in [-0.2, 0) is 25.7 Å². The Bertz CT molecular complexity index is 1220. The van der Waals surface area contributed by atoms with Crippen molar-refractivity contribution in [2.75, 3.05) is 0 Å². The van der Waals surface area contributed by atoms with E-state index in [2.05, 4.69) is 91.9 Å². The largest absolute Gasteiger partial charge is 0.207 e. The van der Waals surface area contributed by atoms with Crippen molar-refractivity contribution in [3.05, 3.63) is 143 Å². The molecule has 1 atom stereocenters. The quantitative estimate of drug-likeness (QED) is 0.206. The summed E-state index contributed by atoms with van der Waals surface area (Å²) in [6.45, 7) is 4.29. The van der Waals surface area contributed by atoms with Gasteiger partial charge in [0.15, 0.2) is 0 Å². The molecular weight excluding hydrogens is 427 g/mol.